The van der Waals surface area contributed by atoms with E-state index in [4.69, 9.17) is 9.47 Å². The Morgan fingerprint density at radius 3 is 2.31 bits per heavy atom. The van der Waals surface area contributed by atoms with Gasteiger partial charge >= 0.3 is 6.16 Å². The van der Waals surface area contributed by atoms with Crippen molar-refractivity contribution in [2.75, 3.05) is 26.2 Å². The van der Waals surface area contributed by atoms with Gasteiger partial charge in [0, 0.05) is 31.1 Å². The maximum atomic E-state index is 12.5. The molecule has 1 heterocycles. The number of likely N-dealkylation sites (tertiary alicyclic amines) is 1. The second kappa shape index (κ2) is 10.3. The minimum absolute atomic E-state index is 0.155. The first-order valence-electron chi connectivity index (χ1n) is 10.6. The summed E-state index contributed by atoms with van der Waals surface area (Å²) in [6, 6.07) is 6.37. The molecule has 1 saturated heterocycles. The molecule has 1 aliphatic heterocycles. The maximum absolute atomic E-state index is 12.5. The lowest BCUT2D eigenvalue weighted by Gasteiger charge is -2.33. The topological polar surface area (TPSA) is 84.9 Å². The minimum atomic E-state index is -0.762. The fourth-order valence-corrected chi connectivity index (χ4v) is 4.05. The molecule has 3 rings (SSSR count). The molecule has 158 valence electrons. The van der Waals surface area contributed by atoms with E-state index in [9.17, 15) is 14.4 Å². The molecule has 2 fully saturated rings. The minimum Gasteiger partial charge on any atom is -0.434 e. The zero-order valence-electron chi connectivity index (χ0n) is 17.0. The molecule has 1 saturated carbocycles. The van der Waals surface area contributed by atoms with Crippen molar-refractivity contribution in [2.45, 2.75) is 45.4 Å². The molecule has 0 bridgehead atoms. The SMILES string of the molecule is CCOC(=O)Oc1ccc(C(=O)NCC2CCN(C(=O)C3CCCC3)CC2)cc1. The van der Waals surface area contributed by atoms with E-state index in [1.165, 1.54) is 12.8 Å². The molecule has 29 heavy (non-hydrogen) atoms. The van der Waals surface area contributed by atoms with Gasteiger partial charge in [0.15, 0.2) is 0 Å². The van der Waals surface area contributed by atoms with E-state index in [-0.39, 0.29) is 18.4 Å². The van der Waals surface area contributed by atoms with Gasteiger partial charge in [-0.05, 0) is 62.8 Å². The van der Waals surface area contributed by atoms with Crippen LogP contribution in [-0.2, 0) is 9.53 Å². The summed E-state index contributed by atoms with van der Waals surface area (Å²) >= 11 is 0. The van der Waals surface area contributed by atoms with Gasteiger partial charge in [-0.3, -0.25) is 9.59 Å². The number of benzene rings is 1. The van der Waals surface area contributed by atoms with Crippen LogP contribution >= 0.6 is 0 Å². The quantitative estimate of drug-likeness (QED) is 0.582. The summed E-state index contributed by atoms with van der Waals surface area (Å²) in [4.78, 5) is 38.2. The van der Waals surface area contributed by atoms with Crippen molar-refractivity contribution >= 4 is 18.0 Å². The number of carbonyl (C=O) groups excluding carboxylic acids is 3. The Bertz CT molecular complexity index is 704. The van der Waals surface area contributed by atoms with E-state index in [1.807, 2.05) is 4.90 Å². The number of hydrogen-bond acceptors (Lipinski definition) is 5. The van der Waals surface area contributed by atoms with Crippen LogP contribution in [0.1, 0.15) is 55.8 Å². The van der Waals surface area contributed by atoms with E-state index in [1.54, 1.807) is 31.2 Å². The number of carbonyl (C=O) groups is 3. The van der Waals surface area contributed by atoms with E-state index in [2.05, 4.69) is 5.32 Å². The zero-order valence-corrected chi connectivity index (χ0v) is 17.0. The van der Waals surface area contributed by atoms with E-state index < -0.39 is 6.16 Å². The van der Waals surface area contributed by atoms with Crippen LogP contribution in [0.2, 0.25) is 0 Å². The Morgan fingerprint density at radius 1 is 1.03 bits per heavy atom. The second-order valence-corrected chi connectivity index (χ2v) is 7.77. The predicted molar refractivity (Wildman–Crippen MR) is 108 cm³/mol. The molecule has 1 aromatic carbocycles. The van der Waals surface area contributed by atoms with Crippen LogP contribution in [-0.4, -0.2) is 49.1 Å². The van der Waals surface area contributed by atoms with Crippen LogP contribution < -0.4 is 10.1 Å². The van der Waals surface area contributed by atoms with Gasteiger partial charge in [-0.25, -0.2) is 4.79 Å². The molecule has 0 radical (unpaired) electrons. The average Bonchev–Trinajstić information content (AvgIpc) is 3.27. The molecular formula is C22H30N2O5. The van der Waals surface area contributed by atoms with Crippen molar-refractivity contribution in [1.82, 2.24) is 10.2 Å². The first kappa shape index (κ1) is 21.1. The van der Waals surface area contributed by atoms with Crippen molar-refractivity contribution < 1.29 is 23.9 Å². The number of hydrogen-bond donors (Lipinski definition) is 1. The second-order valence-electron chi connectivity index (χ2n) is 7.77. The molecule has 2 aliphatic rings. The molecule has 7 nitrogen and oxygen atoms in total. The standard InChI is InChI=1S/C22H30N2O5/c1-2-28-22(27)29-19-9-7-17(8-10-19)20(25)23-15-16-11-13-24(14-12-16)21(26)18-5-3-4-6-18/h7-10,16,18H,2-6,11-15H2,1H3,(H,23,25). The Hall–Kier alpha value is -2.57. The average molecular weight is 402 g/mol. The Kier molecular flexibility index (Phi) is 7.49. The summed E-state index contributed by atoms with van der Waals surface area (Å²) < 4.78 is 9.70. The highest BCUT2D eigenvalue weighted by Gasteiger charge is 2.30. The molecule has 2 amide bonds. The molecule has 1 aromatic rings. The summed E-state index contributed by atoms with van der Waals surface area (Å²) in [5.41, 5.74) is 0.509. The first-order chi connectivity index (χ1) is 14.1. The van der Waals surface area contributed by atoms with Crippen molar-refractivity contribution in [3.8, 4) is 5.75 Å². The van der Waals surface area contributed by atoms with Gasteiger partial charge < -0.3 is 19.7 Å². The van der Waals surface area contributed by atoms with Gasteiger partial charge in [0.25, 0.3) is 5.91 Å². The van der Waals surface area contributed by atoms with Crippen LogP contribution in [0.3, 0.4) is 0 Å². The predicted octanol–water partition coefficient (Wildman–Crippen LogP) is 3.38. The van der Waals surface area contributed by atoms with Crippen molar-refractivity contribution in [2.24, 2.45) is 11.8 Å². The summed E-state index contributed by atoms with van der Waals surface area (Å²) in [7, 11) is 0. The van der Waals surface area contributed by atoms with Crippen molar-refractivity contribution in [3.05, 3.63) is 29.8 Å². The molecule has 0 unspecified atom stereocenters. The lowest BCUT2D eigenvalue weighted by molar-refractivity contribution is -0.136. The Morgan fingerprint density at radius 2 is 1.69 bits per heavy atom. The van der Waals surface area contributed by atoms with Crippen molar-refractivity contribution in [3.63, 3.8) is 0 Å². The van der Waals surface area contributed by atoms with Gasteiger partial charge in [0.1, 0.15) is 5.75 Å². The van der Waals surface area contributed by atoms with Gasteiger partial charge in [0.2, 0.25) is 5.91 Å². The third-order valence-electron chi connectivity index (χ3n) is 5.76. The molecule has 0 atom stereocenters. The fourth-order valence-electron chi connectivity index (χ4n) is 4.05. The van der Waals surface area contributed by atoms with E-state index in [0.717, 1.165) is 38.8 Å². The van der Waals surface area contributed by atoms with Gasteiger partial charge in [-0.1, -0.05) is 12.8 Å². The number of amides is 2. The third-order valence-corrected chi connectivity index (χ3v) is 5.76. The van der Waals surface area contributed by atoms with Crippen LogP contribution in [0.15, 0.2) is 24.3 Å². The highest BCUT2D eigenvalue weighted by molar-refractivity contribution is 5.94. The van der Waals surface area contributed by atoms with Gasteiger partial charge in [-0.15, -0.1) is 0 Å². The highest BCUT2D eigenvalue weighted by Crippen LogP contribution is 2.28. The van der Waals surface area contributed by atoms with Crippen LogP contribution in [0.25, 0.3) is 0 Å². The summed E-state index contributed by atoms with van der Waals surface area (Å²) in [6.45, 7) is 4.12. The van der Waals surface area contributed by atoms with Gasteiger partial charge in [-0.2, -0.15) is 0 Å². The molecule has 0 aromatic heterocycles. The van der Waals surface area contributed by atoms with Crippen LogP contribution in [0.5, 0.6) is 5.75 Å². The molecule has 1 aliphatic carbocycles. The monoisotopic (exact) mass is 402 g/mol. The number of nitrogens with one attached hydrogen (secondary N) is 1. The Balaban J connectivity index is 1.39. The summed E-state index contributed by atoms with van der Waals surface area (Å²) in [6.07, 6.45) is 5.51. The van der Waals surface area contributed by atoms with Crippen LogP contribution in [0, 0.1) is 11.8 Å². The van der Waals surface area contributed by atoms with Gasteiger partial charge in [0.05, 0.1) is 6.61 Å². The number of piperidine rings is 1. The van der Waals surface area contributed by atoms with Crippen molar-refractivity contribution in [1.29, 1.82) is 0 Å². The lowest BCUT2D eigenvalue weighted by atomic mass is 9.95. The summed E-state index contributed by atoms with van der Waals surface area (Å²) in [5, 5.41) is 2.97. The number of rotatable bonds is 6. The number of ether oxygens (including phenoxy) is 2. The fraction of sp³-hybridized carbons (Fsp3) is 0.591. The van der Waals surface area contributed by atoms with E-state index in [0.29, 0.717) is 29.7 Å². The molecule has 7 heteroatoms. The largest absolute Gasteiger partial charge is 0.513 e. The third kappa shape index (κ3) is 5.95. The number of nitrogens with zero attached hydrogens (tertiary/aromatic N) is 1. The smallest absolute Gasteiger partial charge is 0.434 e. The summed E-state index contributed by atoms with van der Waals surface area (Å²) in [5.74, 6) is 1.13. The zero-order chi connectivity index (χ0) is 20.6. The lowest BCUT2D eigenvalue weighted by Crippen LogP contribution is -2.43. The molecule has 0 spiro atoms. The normalized spacial score (nSPS) is 17.8. The molecule has 1 N–H and O–H groups in total. The maximum Gasteiger partial charge on any atom is 0.513 e. The van der Waals surface area contributed by atoms with E-state index >= 15 is 0 Å². The Labute approximate surface area is 171 Å². The first-order valence-corrected chi connectivity index (χ1v) is 10.6. The van der Waals surface area contributed by atoms with Crippen LogP contribution in [0.4, 0.5) is 4.79 Å². The molecular weight excluding hydrogens is 372 g/mol. The highest BCUT2D eigenvalue weighted by atomic mass is 16.7.